The molecule has 154 valence electrons. The van der Waals surface area contributed by atoms with Crippen molar-refractivity contribution < 1.29 is 28.9 Å². The summed E-state index contributed by atoms with van der Waals surface area (Å²) in [6.07, 6.45) is 5.08. The van der Waals surface area contributed by atoms with Gasteiger partial charge in [0, 0.05) is 19.2 Å². The molecule has 0 spiro atoms. The van der Waals surface area contributed by atoms with Crippen LogP contribution in [0.15, 0.2) is 18.2 Å². The lowest BCUT2D eigenvalue weighted by molar-refractivity contribution is 0.0197. The van der Waals surface area contributed by atoms with Crippen molar-refractivity contribution in [3.05, 3.63) is 29.3 Å². The molecular weight excluding hydrogens is 362 g/mol. The predicted octanol–water partition coefficient (Wildman–Crippen LogP) is 4.06. The van der Waals surface area contributed by atoms with E-state index in [1.54, 1.807) is 23.1 Å². The van der Waals surface area contributed by atoms with Gasteiger partial charge in [0.2, 0.25) is 0 Å². The standard InChI is InChI=1S/C21H29NO6/c1-21(2,3)28-20(25)22-10-8-14(9-11-22)6-7-15-12-16(26-4)13-17(27-5)18(15)19(23)24/h6-7,12-14H,8-11H2,1-5H3,(H,23,24). The first-order valence-electron chi connectivity index (χ1n) is 9.30. The lowest BCUT2D eigenvalue weighted by Crippen LogP contribution is -2.41. The summed E-state index contributed by atoms with van der Waals surface area (Å²) in [7, 11) is 2.95. The quantitative estimate of drug-likeness (QED) is 0.815. The van der Waals surface area contributed by atoms with Crippen molar-refractivity contribution in [3.8, 4) is 11.5 Å². The van der Waals surface area contributed by atoms with Gasteiger partial charge in [-0.3, -0.25) is 0 Å². The molecule has 28 heavy (non-hydrogen) atoms. The minimum atomic E-state index is -1.06. The van der Waals surface area contributed by atoms with E-state index >= 15 is 0 Å². The average Bonchev–Trinajstić information content (AvgIpc) is 2.64. The number of rotatable bonds is 5. The van der Waals surface area contributed by atoms with Crippen LogP contribution in [0.1, 0.15) is 49.5 Å². The molecule has 0 aliphatic carbocycles. The molecule has 7 heteroatoms. The van der Waals surface area contributed by atoms with Gasteiger partial charge in [-0.2, -0.15) is 0 Å². The molecule has 0 aromatic heterocycles. The van der Waals surface area contributed by atoms with Crippen LogP contribution in [-0.4, -0.2) is 55.0 Å². The molecule has 0 bridgehead atoms. The highest BCUT2D eigenvalue weighted by atomic mass is 16.6. The van der Waals surface area contributed by atoms with Crippen LogP contribution in [0.5, 0.6) is 11.5 Å². The smallest absolute Gasteiger partial charge is 0.410 e. The zero-order valence-corrected chi connectivity index (χ0v) is 17.2. The third-order valence-corrected chi connectivity index (χ3v) is 4.51. The number of carbonyl (C=O) groups excluding carboxylic acids is 1. The first-order chi connectivity index (χ1) is 13.1. The number of ether oxygens (including phenoxy) is 3. The molecule has 7 nitrogen and oxygen atoms in total. The molecule has 0 unspecified atom stereocenters. The van der Waals surface area contributed by atoms with Gasteiger partial charge in [0.05, 0.1) is 14.2 Å². The van der Waals surface area contributed by atoms with Crippen LogP contribution in [-0.2, 0) is 4.74 Å². The number of amides is 1. The third kappa shape index (κ3) is 5.65. The number of hydrogen-bond acceptors (Lipinski definition) is 5. The first-order valence-corrected chi connectivity index (χ1v) is 9.30. The summed E-state index contributed by atoms with van der Waals surface area (Å²) in [6, 6.07) is 3.23. The summed E-state index contributed by atoms with van der Waals surface area (Å²) in [5.41, 5.74) is 0.121. The minimum absolute atomic E-state index is 0.103. The van der Waals surface area contributed by atoms with Gasteiger partial charge in [-0.1, -0.05) is 12.2 Å². The first kappa shape index (κ1) is 21.6. The van der Waals surface area contributed by atoms with E-state index in [-0.39, 0.29) is 23.3 Å². The Kier molecular flexibility index (Phi) is 6.94. The normalized spacial score (nSPS) is 15.5. The predicted molar refractivity (Wildman–Crippen MR) is 106 cm³/mol. The fourth-order valence-electron chi connectivity index (χ4n) is 3.09. The van der Waals surface area contributed by atoms with Crippen LogP contribution in [0.4, 0.5) is 4.79 Å². The number of nitrogens with zero attached hydrogens (tertiary/aromatic N) is 1. The summed E-state index contributed by atoms with van der Waals surface area (Å²) >= 11 is 0. The Balaban J connectivity index is 2.09. The van der Waals surface area contributed by atoms with E-state index in [1.807, 2.05) is 26.8 Å². The average molecular weight is 391 g/mol. The van der Waals surface area contributed by atoms with Crippen LogP contribution in [0, 0.1) is 5.92 Å². The van der Waals surface area contributed by atoms with Gasteiger partial charge in [-0.25, -0.2) is 9.59 Å². The number of aromatic carboxylic acids is 1. The van der Waals surface area contributed by atoms with Gasteiger partial charge in [0.1, 0.15) is 22.7 Å². The lowest BCUT2D eigenvalue weighted by atomic mass is 9.95. The summed E-state index contributed by atoms with van der Waals surface area (Å²) in [4.78, 5) is 25.5. The summed E-state index contributed by atoms with van der Waals surface area (Å²) < 4.78 is 15.9. The van der Waals surface area contributed by atoms with Crippen molar-refractivity contribution in [3.63, 3.8) is 0 Å². The molecule has 0 saturated carbocycles. The molecule has 1 aliphatic rings. The Labute approximate surface area is 165 Å². The van der Waals surface area contributed by atoms with E-state index in [0.717, 1.165) is 12.8 Å². The highest BCUT2D eigenvalue weighted by molar-refractivity contribution is 5.95. The number of carboxylic acids is 1. The van der Waals surface area contributed by atoms with Crippen LogP contribution in [0.25, 0.3) is 6.08 Å². The van der Waals surface area contributed by atoms with Crippen molar-refractivity contribution in [2.75, 3.05) is 27.3 Å². The molecule has 2 rings (SSSR count). The number of piperidine rings is 1. The Morgan fingerprint density at radius 2 is 1.79 bits per heavy atom. The van der Waals surface area contributed by atoms with Gasteiger partial charge in [-0.15, -0.1) is 0 Å². The van der Waals surface area contributed by atoms with Crippen molar-refractivity contribution >= 4 is 18.1 Å². The van der Waals surface area contributed by atoms with E-state index in [4.69, 9.17) is 14.2 Å². The molecule has 0 radical (unpaired) electrons. The van der Waals surface area contributed by atoms with Gasteiger partial charge >= 0.3 is 12.1 Å². The Morgan fingerprint density at radius 3 is 2.29 bits per heavy atom. The fourth-order valence-corrected chi connectivity index (χ4v) is 3.09. The number of methoxy groups -OCH3 is 2. The molecule has 1 heterocycles. The molecule has 1 aromatic carbocycles. The number of likely N-dealkylation sites (tertiary alicyclic amines) is 1. The highest BCUT2D eigenvalue weighted by Crippen LogP contribution is 2.31. The van der Waals surface area contributed by atoms with Crippen molar-refractivity contribution in [1.82, 2.24) is 4.90 Å². The molecule has 1 aromatic rings. The van der Waals surface area contributed by atoms with Gasteiger partial charge in [-0.05, 0) is 51.2 Å². The molecule has 1 amide bonds. The summed E-state index contributed by atoms with van der Waals surface area (Å²) in [5.74, 6) is -0.0242. The third-order valence-electron chi connectivity index (χ3n) is 4.51. The zero-order chi connectivity index (χ0) is 20.9. The Morgan fingerprint density at radius 1 is 1.14 bits per heavy atom. The van der Waals surface area contributed by atoms with E-state index in [9.17, 15) is 14.7 Å². The number of carbonyl (C=O) groups is 2. The molecule has 1 saturated heterocycles. The van der Waals surface area contributed by atoms with Gasteiger partial charge < -0.3 is 24.2 Å². The Bertz CT molecular complexity index is 742. The second-order valence-electron chi connectivity index (χ2n) is 7.76. The van der Waals surface area contributed by atoms with E-state index in [0.29, 0.717) is 24.4 Å². The van der Waals surface area contributed by atoms with Crippen LogP contribution in [0.2, 0.25) is 0 Å². The second-order valence-corrected chi connectivity index (χ2v) is 7.76. The monoisotopic (exact) mass is 391 g/mol. The molecule has 1 aliphatic heterocycles. The minimum Gasteiger partial charge on any atom is -0.497 e. The van der Waals surface area contributed by atoms with Crippen LogP contribution < -0.4 is 9.47 Å². The fraction of sp³-hybridized carbons (Fsp3) is 0.524. The van der Waals surface area contributed by atoms with Crippen molar-refractivity contribution in [2.24, 2.45) is 5.92 Å². The van der Waals surface area contributed by atoms with Gasteiger partial charge in [0.25, 0.3) is 0 Å². The number of carboxylic acid groups (broad SMARTS) is 1. The highest BCUT2D eigenvalue weighted by Gasteiger charge is 2.26. The maximum Gasteiger partial charge on any atom is 0.410 e. The molecule has 1 fully saturated rings. The SMILES string of the molecule is COc1cc(C=CC2CCN(C(=O)OC(C)(C)C)CC2)c(C(=O)O)c(OC)c1. The lowest BCUT2D eigenvalue weighted by Gasteiger charge is -2.32. The van der Waals surface area contributed by atoms with Crippen LogP contribution in [0.3, 0.4) is 0 Å². The van der Waals surface area contributed by atoms with E-state index in [1.165, 1.54) is 14.2 Å². The molecule has 0 atom stereocenters. The Hall–Kier alpha value is -2.70. The van der Waals surface area contributed by atoms with Crippen molar-refractivity contribution in [2.45, 2.75) is 39.2 Å². The topological polar surface area (TPSA) is 85.3 Å². The van der Waals surface area contributed by atoms with Crippen molar-refractivity contribution in [1.29, 1.82) is 0 Å². The zero-order valence-electron chi connectivity index (χ0n) is 17.2. The number of allylic oxidation sites excluding steroid dienone is 1. The number of hydrogen-bond donors (Lipinski definition) is 1. The molecular formula is C21H29NO6. The second kappa shape index (κ2) is 8.99. The maximum atomic E-state index is 12.2. The summed E-state index contributed by atoms with van der Waals surface area (Å²) in [6.45, 7) is 6.77. The van der Waals surface area contributed by atoms with E-state index in [2.05, 4.69) is 0 Å². The van der Waals surface area contributed by atoms with Gasteiger partial charge in [0.15, 0.2) is 0 Å². The summed E-state index contributed by atoms with van der Waals surface area (Å²) in [5, 5.41) is 9.55. The van der Waals surface area contributed by atoms with Crippen LogP contribution >= 0.6 is 0 Å². The van der Waals surface area contributed by atoms with E-state index < -0.39 is 11.6 Å². The number of benzene rings is 1. The molecule has 1 N–H and O–H groups in total. The maximum absolute atomic E-state index is 12.2. The largest absolute Gasteiger partial charge is 0.497 e.